The first-order valence-electron chi connectivity index (χ1n) is 10.2. The number of nitrogens with one attached hydrogen (secondary N) is 1. The molecule has 0 aromatic heterocycles. The molecule has 3 saturated heterocycles. The molecule has 0 aromatic carbocycles. The van der Waals surface area contributed by atoms with E-state index < -0.39 is 0 Å². The van der Waals surface area contributed by atoms with Crippen molar-refractivity contribution in [3.05, 3.63) is 0 Å². The Kier molecular flexibility index (Phi) is 6.51. The first-order chi connectivity index (χ1) is 12.6. The number of nitrogens with zero attached hydrogens (tertiary/aromatic N) is 3. The number of hydrogen-bond donors (Lipinski definition) is 1. The molecular weight excluding hydrogens is 332 g/mol. The fourth-order valence-corrected chi connectivity index (χ4v) is 4.47. The lowest BCUT2D eigenvalue weighted by Gasteiger charge is -2.43. The van der Waals surface area contributed by atoms with E-state index in [0.717, 1.165) is 58.2 Å². The van der Waals surface area contributed by atoms with Crippen LogP contribution in [0.15, 0.2) is 0 Å². The molecule has 0 aliphatic carbocycles. The summed E-state index contributed by atoms with van der Waals surface area (Å²) in [6.45, 7) is 5.97. The molecule has 3 rings (SSSR count). The number of piperidine rings is 2. The van der Waals surface area contributed by atoms with Crippen LogP contribution < -0.4 is 5.32 Å². The molecule has 2 unspecified atom stereocenters. The van der Waals surface area contributed by atoms with Crippen LogP contribution in [0, 0.1) is 0 Å². The molecule has 3 aliphatic heterocycles. The van der Waals surface area contributed by atoms with E-state index in [1.165, 1.54) is 0 Å². The number of rotatable bonds is 4. The van der Waals surface area contributed by atoms with Crippen molar-refractivity contribution in [3.63, 3.8) is 0 Å². The third-order valence-electron chi connectivity index (χ3n) is 5.85. The standard InChI is InChI=1S/C19H32N4O3/c1-2-6-17(24)23-11-4-3-8-16(23)19(26)21-10-5-7-15(14-21)22-12-9-20-13-18(22)25/h15-16,20H,2-14H2,1H3. The predicted octanol–water partition coefficient (Wildman–Crippen LogP) is 0.590. The minimum Gasteiger partial charge on any atom is -0.339 e. The molecule has 3 amide bonds. The van der Waals surface area contributed by atoms with Gasteiger partial charge in [0.2, 0.25) is 17.7 Å². The van der Waals surface area contributed by atoms with E-state index in [1.54, 1.807) is 0 Å². The lowest BCUT2D eigenvalue weighted by molar-refractivity contribution is -0.150. The van der Waals surface area contributed by atoms with Crippen LogP contribution in [-0.2, 0) is 14.4 Å². The topological polar surface area (TPSA) is 73.0 Å². The van der Waals surface area contributed by atoms with Gasteiger partial charge in [0.05, 0.1) is 6.54 Å². The normalized spacial score (nSPS) is 27.6. The van der Waals surface area contributed by atoms with Gasteiger partial charge in [0.1, 0.15) is 6.04 Å². The van der Waals surface area contributed by atoms with Crippen LogP contribution in [0.5, 0.6) is 0 Å². The van der Waals surface area contributed by atoms with Gasteiger partial charge in [-0.3, -0.25) is 14.4 Å². The number of carbonyl (C=O) groups is 3. The predicted molar refractivity (Wildman–Crippen MR) is 98.4 cm³/mol. The van der Waals surface area contributed by atoms with Crippen molar-refractivity contribution >= 4 is 17.7 Å². The summed E-state index contributed by atoms with van der Waals surface area (Å²) in [7, 11) is 0. The molecule has 3 heterocycles. The highest BCUT2D eigenvalue weighted by Gasteiger charge is 2.37. The van der Waals surface area contributed by atoms with Crippen LogP contribution in [-0.4, -0.2) is 83.8 Å². The van der Waals surface area contributed by atoms with Gasteiger partial charge in [-0.2, -0.15) is 0 Å². The summed E-state index contributed by atoms with van der Waals surface area (Å²) in [6.07, 6.45) is 5.95. The van der Waals surface area contributed by atoms with Crippen molar-refractivity contribution in [1.82, 2.24) is 20.0 Å². The van der Waals surface area contributed by atoms with E-state index in [0.29, 0.717) is 26.1 Å². The largest absolute Gasteiger partial charge is 0.339 e. The molecule has 3 fully saturated rings. The maximum absolute atomic E-state index is 13.2. The first kappa shape index (κ1) is 19.1. The molecule has 0 bridgehead atoms. The maximum atomic E-state index is 13.2. The Morgan fingerprint density at radius 3 is 2.73 bits per heavy atom. The van der Waals surface area contributed by atoms with Gasteiger partial charge in [0.15, 0.2) is 0 Å². The van der Waals surface area contributed by atoms with Crippen molar-refractivity contribution in [1.29, 1.82) is 0 Å². The van der Waals surface area contributed by atoms with E-state index in [9.17, 15) is 14.4 Å². The second-order valence-electron chi connectivity index (χ2n) is 7.69. The fourth-order valence-electron chi connectivity index (χ4n) is 4.47. The number of amides is 3. The summed E-state index contributed by atoms with van der Waals surface area (Å²) >= 11 is 0. The molecular formula is C19H32N4O3. The number of hydrogen-bond acceptors (Lipinski definition) is 4. The molecule has 1 N–H and O–H groups in total. The van der Waals surface area contributed by atoms with E-state index in [2.05, 4.69) is 5.32 Å². The summed E-state index contributed by atoms with van der Waals surface area (Å²) in [5.41, 5.74) is 0. The van der Waals surface area contributed by atoms with Gasteiger partial charge >= 0.3 is 0 Å². The summed E-state index contributed by atoms with van der Waals surface area (Å²) in [6, 6.07) is -0.189. The highest BCUT2D eigenvalue weighted by Crippen LogP contribution is 2.24. The average Bonchev–Trinajstić information content (AvgIpc) is 2.68. The van der Waals surface area contributed by atoms with Crippen molar-refractivity contribution in [2.45, 2.75) is 64.0 Å². The number of piperazine rings is 1. The summed E-state index contributed by atoms with van der Waals surface area (Å²) < 4.78 is 0. The zero-order valence-electron chi connectivity index (χ0n) is 15.9. The van der Waals surface area contributed by atoms with Crippen molar-refractivity contribution < 1.29 is 14.4 Å². The summed E-state index contributed by atoms with van der Waals surface area (Å²) in [5.74, 6) is 0.325. The van der Waals surface area contributed by atoms with Crippen LogP contribution in [0.4, 0.5) is 0 Å². The van der Waals surface area contributed by atoms with E-state index in [4.69, 9.17) is 0 Å². The number of carbonyl (C=O) groups excluding carboxylic acids is 3. The van der Waals surface area contributed by atoms with Gasteiger partial charge in [-0.25, -0.2) is 0 Å². The minimum atomic E-state index is -0.305. The zero-order valence-corrected chi connectivity index (χ0v) is 15.9. The first-order valence-corrected chi connectivity index (χ1v) is 10.2. The third kappa shape index (κ3) is 4.19. The molecule has 7 nitrogen and oxygen atoms in total. The lowest BCUT2D eigenvalue weighted by Crippen LogP contribution is -2.60. The highest BCUT2D eigenvalue weighted by atomic mass is 16.2. The second-order valence-corrected chi connectivity index (χ2v) is 7.69. The van der Waals surface area contributed by atoms with E-state index in [1.807, 2.05) is 21.6 Å². The smallest absolute Gasteiger partial charge is 0.245 e. The molecule has 0 radical (unpaired) electrons. The van der Waals surface area contributed by atoms with Crippen molar-refractivity contribution in [2.24, 2.45) is 0 Å². The Labute approximate surface area is 156 Å². The summed E-state index contributed by atoms with van der Waals surface area (Å²) in [5, 5.41) is 3.10. The van der Waals surface area contributed by atoms with Crippen LogP contribution in [0.2, 0.25) is 0 Å². The minimum absolute atomic E-state index is 0.0847. The van der Waals surface area contributed by atoms with Crippen LogP contribution in [0.25, 0.3) is 0 Å². The molecule has 26 heavy (non-hydrogen) atoms. The van der Waals surface area contributed by atoms with Gasteiger partial charge in [-0.15, -0.1) is 0 Å². The van der Waals surface area contributed by atoms with E-state index in [-0.39, 0.29) is 29.8 Å². The molecule has 0 aromatic rings. The van der Waals surface area contributed by atoms with Crippen LogP contribution in [0.3, 0.4) is 0 Å². The summed E-state index contributed by atoms with van der Waals surface area (Å²) in [4.78, 5) is 43.5. The van der Waals surface area contributed by atoms with E-state index >= 15 is 0 Å². The molecule has 0 saturated carbocycles. The Hall–Kier alpha value is -1.63. The van der Waals surface area contributed by atoms with Gasteiger partial charge in [-0.1, -0.05) is 6.92 Å². The van der Waals surface area contributed by atoms with Gasteiger partial charge in [-0.05, 0) is 38.5 Å². The number of likely N-dealkylation sites (tertiary alicyclic amines) is 2. The third-order valence-corrected chi connectivity index (χ3v) is 5.85. The second kappa shape index (κ2) is 8.84. The van der Waals surface area contributed by atoms with Crippen LogP contribution >= 0.6 is 0 Å². The van der Waals surface area contributed by atoms with Crippen LogP contribution in [0.1, 0.15) is 51.9 Å². The quantitative estimate of drug-likeness (QED) is 0.792. The zero-order chi connectivity index (χ0) is 18.5. The molecule has 3 aliphatic rings. The highest BCUT2D eigenvalue weighted by molar-refractivity contribution is 5.88. The Morgan fingerprint density at radius 1 is 1.12 bits per heavy atom. The Balaban J connectivity index is 1.65. The van der Waals surface area contributed by atoms with Gasteiger partial charge < -0.3 is 20.0 Å². The SMILES string of the molecule is CCCC(=O)N1CCCCC1C(=O)N1CCCC(N2CCNCC2=O)C1. The molecule has 2 atom stereocenters. The fraction of sp³-hybridized carbons (Fsp3) is 0.842. The monoisotopic (exact) mass is 364 g/mol. The molecule has 0 spiro atoms. The van der Waals surface area contributed by atoms with Crippen molar-refractivity contribution in [2.75, 3.05) is 39.3 Å². The Morgan fingerprint density at radius 2 is 1.96 bits per heavy atom. The van der Waals surface area contributed by atoms with Crippen molar-refractivity contribution in [3.8, 4) is 0 Å². The Bertz CT molecular complexity index is 539. The molecule has 7 heteroatoms. The maximum Gasteiger partial charge on any atom is 0.245 e. The lowest BCUT2D eigenvalue weighted by atomic mass is 9.97. The van der Waals surface area contributed by atoms with Gasteiger partial charge in [0.25, 0.3) is 0 Å². The molecule has 146 valence electrons. The average molecular weight is 364 g/mol. The van der Waals surface area contributed by atoms with Gasteiger partial charge in [0, 0.05) is 45.2 Å².